The molecule has 1 aliphatic rings. The number of ether oxygens (including phenoxy) is 2. The van der Waals surface area contributed by atoms with Crippen LogP contribution in [0.1, 0.15) is 5.56 Å². The van der Waals surface area contributed by atoms with E-state index < -0.39 is 0 Å². The lowest BCUT2D eigenvalue weighted by molar-refractivity contribution is 0.174. The van der Waals surface area contributed by atoms with Gasteiger partial charge in [0.2, 0.25) is 6.79 Å². The van der Waals surface area contributed by atoms with Crippen molar-refractivity contribution in [3.8, 4) is 11.5 Å². The smallest absolute Gasteiger partial charge is 0.231 e. The van der Waals surface area contributed by atoms with E-state index in [9.17, 15) is 0 Å². The van der Waals surface area contributed by atoms with Gasteiger partial charge in [0, 0.05) is 38.3 Å². The predicted molar refractivity (Wildman–Crippen MR) is 83.2 cm³/mol. The third-order valence-corrected chi connectivity index (χ3v) is 4.44. The zero-order valence-electron chi connectivity index (χ0n) is 11.6. The summed E-state index contributed by atoms with van der Waals surface area (Å²) >= 11 is 7.88. The number of imidazole rings is 1. The summed E-state index contributed by atoms with van der Waals surface area (Å²) in [6, 6.07) is 3.88. The van der Waals surface area contributed by atoms with E-state index in [0.29, 0.717) is 10.8 Å². The van der Waals surface area contributed by atoms with Crippen molar-refractivity contribution in [1.82, 2.24) is 14.9 Å². The second-order valence-electron chi connectivity index (χ2n) is 4.66. The van der Waals surface area contributed by atoms with E-state index >= 15 is 0 Å². The van der Waals surface area contributed by atoms with Crippen LogP contribution in [0.25, 0.3) is 0 Å². The van der Waals surface area contributed by atoms with E-state index in [4.69, 9.17) is 21.1 Å². The molecule has 0 spiro atoms. The van der Waals surface area contributed by atoms with E-state index in [1.807, 2.05) is 36.1 Å². The highest BCUT2D eigenvalue weighted by Crippen LogP contribution is 2.39. The Bertz CT molecular complexity index is 633. The van der Waals surface area contributed by atoms with Crippen molar-refractivity contribution in [2.45, 2.75) is 11.7 Å². The second kappa shape index (κ2) is 6.60. The van der Waals surface area contributed by atoms with Crippen LogP contribution in [-0.2, 0) is 13.6 Å². The minimum Gasteiger partial charge on any atom is -0.454 e. The molecule has 0 aliphatic carbocycles. The fourth-order valence-electron chi connectivity index (χ4n) is 2.06. The molecule has 0 unspecified atom stereocenters. The highest BCUT2D eigenvalue weighted by atomic mass is 35.5. The van der Waals surface area contributed by atoms with Crippen molar-refractivity contribution >= 4 is 23.4 Å². The zero-order chi connectivity index (χ0) is 14.7. The maximum Gasteiger partial charge on any atom is 0.231 e. The topological polar surface area (TPSA) is 48.3 Å². The molecule has 0 saturated heterocycles. The number of rotatable bonds is 6. The minimum absolute atomic E-state index is 0.242. The number of nitrogens with zero attached hydrogens (tertiary/aromatic N) is 2. The van der Waals surface area contributed by atoms with Crippen molar-refractivity contribution in [1.29, 1.82) is 0 Å². The monoisotopic (exact) mass is 325 g/mol. The van der Waals surface area contributed by atoms with Gasteiger partial charge in [-0.15, -0.1) is 0 Å². The van der Waals surface area contributed by atoms with Crippen LogP contribution in [0.3, 0.4) is 0 Å². The van der Waals surface area contributed by atoms with Crippen LogP contribution in [0.2, 0.25) is 5.02 Å². The lowest BCUT2D eigenvalue weighted by Crippen LogP contribution is -2.16. The highest BCUT2D eigenvalue weighted by molar-refractivity contribution is 7.99. The maximum absolute atomic E-state index is 6.15. The fourth-order valence-corrected chi connectivity index (χ4v) is 3.18. The van der Waals surface area contributed by atoms with Crippen LogP contribution in [-0.4, -0.2) is 28.6 Å². The molecular weight excluding hydrogens is 310 g/mol. The highest BCUT2D eigenvalue weighted by Gasteiger charge is 2.17. The number of hydrogen-bond acceptors (Lipinski definition) is 5. The molecule has 2 aromatic rings. The average molecular weight is 326 g/mol. The van der Waals surface area contributed by atoms with Gasteiger partial charge in [-0.3, -0.25) is 0 Å². The summed E-state index contributed by atoms with van der Waals surface area (Å²) in [6.07, 6.45) is 3.76. The van der Waals surface area contributed by atoms with Gasteiger partial charge in [-0.2, -0.15) is 0 Å². The van der Waals surface area contributed by atoms with Gasteiger partial charge in [0.05, 0.1) is 5.02 Å². The van der Waals surface area contributed by atoms with Crippen molar-refractivity contribution in [3.05, 3.63) is 35.1 Å². The number of aryl methyl sites for hydroxylation is 1. The third kappa shape index (κ3) is 3.45. The molecule has 0 radical (unpaired) electrons. The third-order valence-electron chi connectivity index (χ3n) is 3.10. The standard InChI is InChI=1S/C14H16ClN3O2S/c1-18-4-2-17-14(18)21-5-3-16-8-10-6-11(15)13-12(7-10)19-9-20-13/h2,4,6-7,16H,3,5,8-9H2,1H3. The van der Waals surface area contributed by atoms with Crippen molar-refractivity contribution in [3.63, 3.8) is 0 Å². The molecular formula is C14H16ClN3O2S. The summed E-state index contributed by atoms with van der Waals surface area (Å²) in [5.41, 5.74) is 1.09. The van der Waals surface area contributed by atoms with Gasteiger partial charge in [-0.1, -0.05) is 23.4 Å². The largest absolute Gasteiger partial charge is 0.454 e. The van der Waals surface area contributed by atoms with Crippen LogP contribution in [0.5, 0.6) is 11.5 Å². The molecule has 0 amide bonds. The molecule has 2 heterocycles. The normalized spacial score (nSPS) is 12.9. The molecule has 0 saturated carbocycles. The van der Waals surface area contributed by atoms with Crippen molar-refractivity contribution < 1.29 is 9.47 Å². The Labute approximate surface area is 132 Å². The Hall–Kier alpha value is -1.37. The van der Waals surface area contributed by atoms with Crippen molar-refractivity contribution in [2.24, 2.45) is 7.05 Å². The quantitative estimate of drug-likeness (QED) is 0.653. The summed E-state index contributed by atoms with van der Waals surface area (Å²) in [4.78, 5) is 4.27. The fraction of sp³-hybridized carbons (Fsp3) is 0.357. The summed E-state index contributed by atoms with van der Waals surface area (Å²) in [7, 11) is 2.00. The minimum atomic E-state index is 0.242. The van der Waals surface area contributed by atoms with Gasteiger partial charge in [0.15, 0.2) is 16.7 Å². The summed E-state index contributed by atoms with van der Waals surface area (Å²) in [6.45, 7) is 1.88. The molecule has 1 aromatic heterocycles. The second-order valence-corrected chi connectivity index (χ2v) is 6.13. The Morgan fingerprint density at radius 2 is 2.33 bits per heavy atom. The SMILES string of the molecule is Cn1ccnc1SCCNCc1cc(Cl)c2c(c1)OCO2. The average Bonchev–Trinajstić information content (AvgIpc) is 3.08. The Kier molecular flexibility index (Phi) is 4.57. The predicted octanol–water partition coefficient (Wildman–Crippen LogP) is 2.68. The Morgan fingerprint density at radius 3 is 3.14 bits per heavy atom. The molecule has 0 bridgehead atoms. The number of benzene rings is 1. The van der Waals surface area contributed by atoms with E-state index in [1.54, 1.807) is 11.8 Å². The van der Waals surface area contributed by atoms with Gasteiger partial charge >= 0.3 is 0 Å². The summed E-state index contributed by atoms with van der Waals surface area (Å²) in [5, 5.41) is 5.02. The first kappa shape index (κ1) is 14.6. The number of hydrogen-bond donors (Lipinski definition) is 1. The van der Waals surface area contributed by atoms with Gasteiger partial charge in [-0.25, -0.2) is 4.98 Å². The molecule has 5 nitrogen and oxygen atoms in total. The van der Waals surface area contributed by atoms with E-state index in [-0.39, 0.29) is 6.79 Å². The van der Waals surface area contributed by atoms with Crippen LogP contribution in [0.4, 0.5) is 0 Å². The summed E-state index contributed by atoms with van der Waals surface area (Å²) < 4.78 is 12.7. The summed E-state index contributed by atoms with van der Waals surface area (Å²) in [5.74, 6) is 2.33. The number of thioether (sulfide) groups is 1. The Balaban J connectivity index is 1.46. The van der Waals surface area contributed by atoms with Crippen molar-refractivity contribution in [2.75, 3.05) is 19.1 Å². The molecule has 0 atom stereocenters. The first-order chi connectivity index (χ1) is 10.2. The molecule has 112 valence electrons. The van der Waals surface area contributed by atoms with Crippen LogP contribution in [0.15, 0.2) is 29.7 Å². The first-order valence-electron chi connectivity index (χ1n) is 6.63. The lowest BCUT2D eigenvalue weighted by atomic mass is 10.2. The number of aromatic nitrogens is 2. The van der Waals surface area contributed by atoms with Gasteiger partial charge in [0.1, 0.15) is 0 Å². The molecule has 1 N–H and O–H groups in total. The first-order valence-corrected chi connectivity index (χ1v) is 7.99. The number of halogens is 1. The molecule has 21 heavy (non-hydrogen) atoms. The molecule has 3 rings (SSSR count). The van der Waals surface area contributed by atoms with Crippen LogP contribution in [0, 0.1) is 0 Å². The molecule has 7 heteroatoms. The van der Waals surface area contributed by atoms with Gasteiger partial charge < -0.3 is 19.4 Å². The molecule has 1 aliphatic heterocycles. The molecule has 1 aromatic carbocycles. The van der Waals surface area contributed by atoms with Crippen LogP contribution < -0.4 is 14.8 Å². The number of fused-ring (bicyclic) bond motifs is 1. The van der Waals surface area contributed by atoms with Gasteiger partial charge in [-0.05, 0) is 17.7 Å². The van der Waals surface area contributed by atoms with Crippen LogP contribution >= 0.6 is 23.4 Å². The maximum atomic E-state index is 6.15. The zero-order valence-corrected chi connectivity index (χ0v) is 13.2. The Morgan fingerprint density at radius 1 is 1.43 bits per heavy atom. The van der Waals surface area contributed by atoms with E-state index in [0.717, 1.165) is 35.3 Å². The van der Waals surface area contributed by atoms with E-state index in [1.165, 1.54) is 0 Å². The molecule has 0 fully saturated rings. The van der Waals surface area contributed by atoms with E-state index in [2.05, 4.69) is 10.3 Å². The number of nitrogens with one attached hydrogen (secondary N) is 1. The van der Waals surface area contributed by atoms with Gasteiger partial charge in [0.25, 0.3) is 0 Å². The lowest BCUT2D eigenvalue weighted by Gasteiger charge is -2.07.